The van der Waals surface area contributed by atoms with Crippen molar-refractivity contribution in [2.75, 3.05) is 42.7 Å². The van der Waals surface area contributed by atoms with E-state index in [9.17, 15) is 14.4 Å². The van der Waals surface area contributed by atoms with E-state index < -0.39 is 5.25 Å². The van der Waals surface area contributed by atoms with Crippen LogP contribution in [0.3, 0.4) is 0 Å². The van der Waals surface area contributed by atoms with E-state index in [2.05, 4.69) is 15.8 Å². The van der Waals surface area contributed by atoms with E-state index >= 15 is 0 Å². The number of aryl methyl sites for hydroxylation is 1. The molecule has 1 atom stereocenters. The molecule has 1 aromatic carbocycles. The minimum Gasteiger partial charge on any atom is -0.378 e. The predicted octanol–water partition coefficient (Wildman–Crippen LogP) is 2.46. The van der Waals surface area contributed by atoms with E-state index in [1.165, 1.54) is 11.8 Å². The molecule has 9 nitrogen and oxygen atoms in total. The summed E-state index contributed by atoms with van der Waals surface area (Å²) in [6.45, 7) is 7.43. The van der Waals surface area contributed by atoms with Gasteiger partial charge in [0.15, 0.2) is 5.82 Å². The van der Waals surface area contributed by atoms with Crippen LogP contribution in [0.15, 0.2) is 28.8 Å². The number of carbonyl (C=O) groups is 3. The molecule has 3 amide bonds. The molecular formula is C21H26N4O5S. The summed E-state index contributed by atoms with van der Waals surface area (Å²) < 4.78 is 10.2. The molecule has 2 N–H and O–H groups in total. The largest absolute Gasteiger partial charge is 0.378 e. The van der Waals surface area contributed by atoms with Crippen molar-refractivity contribution in [3.05, 3.63) is 41.2 Å². The lowest BCUT2D eigenvalue weighted by Gasteiger charge is -2.27. The van der Waals surface area contributed by atoms with Crippen LogP contribution in [-0.4, -0.2) is 65.1 Å². The molecule has 0 bridgehead atoms. The molecule has 3 rings (SSSR count). The molecule has 1 aliphatic heterocycles. The summed E-state index contributed by atoms with van der Waals surface area (Å²) in [5, 5.41) is 8.75. The maximum atomic E-state index is 12.8. The SMILES string of the molecule is Cc1cc(NC(=O)C(C)SCC(=O)Nc2cccc(C(=O)N3CCOCC3)c2C)no1. The van der Waals surface area contributed by atoms with E-state index in [1.807, 2.05) is 6.92 Å². The van der Waals surface area contributed by atoms with Gasteiger partial charge in [-0.05, 0) is 38.5 Å². The lowest BCUT2D eigenvalue weighted by Crippen LogP contribution is -2.41. The van der Waals surface area contributed by atoms with Crippen LogP contribution in [-0.2, 0) is 14.3 Å². The second-order valence-electron chi connectivity index (χ2n) is 7.20. The van der Waals surface area contributed by atoms with Crippen LogP contribution >= 0.6 is 11.8 Å². The molecule has 2 aromatic rings. The third-order valence-electron chi connectivity index (χ3n) is 4.85. The molecule has 31 heavy (non-hydrogen) atoms. The van der Waals surface area contributed by atoms with Gasteiger partial charge in [0.25, 0.3) is 5.91 Å². The van der Waals surface area contributed by atoms with Crippen molar-refractivity contribution in [2.45, 2.75) is 26.0 Å². The van der Waals surface area contributed by atoms with Crippen molar-refractivity contribution < 1.29 is 23.6 Å². The number of nitrogens with zero attached hydrogens (tertiary/aromatic N) is 2. The zero-order chi connectivity index (χ0) is 22.4. The van der Waals surface area contributed by atoms with Crippen molar-refractivity contribution in [1.82, 2.24) is 10.1 Å². The van der Waals surface area contributed by atoms with Gasteiger partial charge in [0, 0.05) is 30.4 Å². The maximum absolute atomic E-state index is 12.8. The minimum atomic E-state index is -0.460. The highest BCUT2D eigenvalue weighted by Crippen LogP contribution is 2.22. The van der Waals surface area contributed by atoms with Gasteiger partial charge in [-0.25, -0.2) is 0 Å². The van der Waals surface area contributed by atoms with Crippen LogP contribution in [0.1, 0.15) is 28.6 Å². The Balaban J connectivity index is 1.54. The zero-order valence-electron chi connectivity index (χ0n) is 17.8. The van der Waals surface area contributed by atoms with Gasteiger partial charge in [-0.1, -0.05) is 11.2 Å². The number of carbonyl (C=O) groups excluding carboxylic acids is 3. The first-order valence-corrected chi connectivity index (χ1v) is 11.0. The lowest BCUT2D eigenvalue weighted by atomic mass is 10.1. The van der Waals surface area contributed by atoms with Crippen LogP contribution < -0.4 is 10.6 Å². The highest BCUT2D eigenvalue weighted by Gasteiger charge is 2.22. The average molecular weight is 447 g/mol. The van der Waals surface area contributed by atoms with Crippen LogP contribution in [0.4, 0.5) is 11.5 Å². The van der Waals surface area contributed by atoms with Crippen molar-refractivity contribution in [3.63, 3.8) is 0 Å². The first kappa shape index (κ1) is 22.8. The lowest BCUT2D eigenvalue weighted by molar-refractivity contribution is -0.115. The number of aromatic nitrogens is 1. The summed E-state index contributed by atoms with van der Waals surface area (Å²) in [4.78, 5) is 39.2. The van der Waals surface area contributed by atoms with Gasteiger partial charge in [0.05, 0.1) is 24.2 Å². The fourth-order valence-corrected chi connectivity index (χ4v) is 3.74. The summed E-state index contributed by atoms with van der Waals surface area (Å²) in [6.07, 6.45) is 0. The Bertz CT molecular complexity index is 955. The van der Waals surface area contributed by atoms with Crippen LogP contribution in [0.25, 0.3) is 0 Å². The monoisotopic (exact) mass is 446 g/mol. The zero-order valence-corrected chi connectivity index (χ0v) is 18.6. The Hall–Kier alpha value is -2.85. The number of thioether (sulfide) groups is 1. The predicted molar refractivity (Wildman–Crippen MR) is 118 cm³/mol. The van der Waals surface area contributed by atoms with Crippen molar-refractivity contribution >= 4 is 41.0 Å². The summed E-state index contributed by atoms with van der Waals surface area (Å²) in [7, 11) is 0. The van der Waals surface area contributed by atoms with Gasteiger partial charge >= 0.3 is 0 Å². The number of morpholine rings is 1. The van der Waals surface area contributed by atoms with E-state index in [4.69, 9.17) is 9.26 Å². The standard InChI is InChI=1S/C21H26N4O5S/c1-13-11-18(24-30-13)23-20(27)15(3)31-12-19(26)22-17-6-4-5-16(14(17)2)21(28)25-7-9-29-10-8-25/h4-6,11,15H,7-10,12H2,1-3H3,(H,22,26)(H,23,24,27). The highest BCUT2D eigenvalue weighted by atomic mass is 32.2. The van der Waals surface area contributed by atoms with E-state index in [0.717, 1.165) is 0 Å². The normalized spacial score (nSPS) is 14.7. The topological polar surface area (TPSA) is 114 Å². The Morgan fingerprint density at radius 2 is 1.94 bits per heavy atom. The van der Waals surface area contributed by atoms with Gasteiger partial charge in [-0.15, -0.1) is 11.8 Å². The van der Waals surface area contributed by atoms with Crippen LogP contribution in [0, 0.1) is 13.8 Å². The van der Waals surface area contributed by atoms with Crippen LogP contribution in [0.5, 0.6) is 0 Å². The molecule has 0 radical (unpaired) electrons. The summed E-state index contributed by atoms with van der Waals surface area (Å²) in [5.74, 6) is 0.450. The first-order chi connectivity index (χ1) is 14.8. The molecular weight excluding hydrogens is 420 g/mol. The van der Waals surface area contributed by atoms with Gasteiger partial charge in [-0.3, -0.25) is 14.4 Å². The number of anilines is 2. The summed E-state index contributed by atoms with van der Waals surface area (Å²) >= 11 is 1.21. The Morgan fingerprint density at radius 1 is 1.19 bits per heavy atom. The number of benzene rings is 1. The molecule has 1 unspecified atom stereocenters. The first-order valence-electron chi connectivity index (χ1n) is 9.97. The second-order valence-corrected chi connectivity index (χ2v) is 8.53. The number of ether oxygens (including phenoxy) is 1. The molecule has 10 heteroatoms. The Kier molecular flexibility index (Phi) is 7.69. The molecule has 2 heterocycles. The molecule has 1 aromatic heterocycles. The second kappa shape index (κ2) is 10.5. The van der Waals surface area contributed by atoms with Gasteiger partial charge in [0.1, 0.15) is 5.76 Å². The quantitative estimate of drug-likeness (QED) is 0.672. The van der Waals surface area contributed by atoms with E-state index in [1.54, 1.807) is 43.0 Å². The number of hydrogen-bond donors (Lipinski definition) is 2. The van der Waals surface area contributed by atoms with Gasteiger partial charge in [-0.2, -0.15) is 0 Å². The third-order valence-corrected chi connectivity index (χ3v) is 5.99. The van der Waals surface area contributed by atoms with Crippen molar-refractivity contribution in [1.29, 1.82) is 0 Å². The van der Waals surface area contributed by atoms with Gasteiger partial charge in [0.2, 0.25) is 11.8 Å². The fraction of sp³-hybridized carbons (Fsp3) is 0.429. The molecule has 166 valence electrons. The Labute approximate surface area is 184 Å². The smallest absolute Gasteiger partial charge is 0.254 e. The van der Waals surface area contributed by atoms with Crippen LogP contribution in [0.2, 0.25) is 0 Å². The number of amides is 3. The molecule has 1 aliphatic rings. The number of nitrogens with one attached hydrogen (secondary N) is 2. The number of hydrogen-bond acceptors (Lipinski definition) is 7. The fourth-order valence-electron chi connectivity index (χ4n) is 3.06. The summed E-state index contributed by atoms with van der Waals surface area (Å²) in [5.41, 5.74) is 1.85. The summed E-state index contributed by atoms with van der Waals surface area (Å²) in [6, 6.07) is 6.89. The van der Waals surface area contributed by atoms with E-state index in [0.29, 0.717) is 54.7 Å². The highest BCUT2D eigenvalue weighted by molar-refractivity contribution is 8.01. The van der Waals surface area contributed by atoms with Crippen molar-refractivity contribution in [2.24, 2.45) is 0 Å². The Morgan fingerprint density at radius 3 is 2.61 bits per heavy atom. The molecule has 1 fully saturated rings. The molecule has 0 aliphatic carbocycles. The van der Waals surface area contributed by atoms with Crippen molar-refractivity contribution in [3.8, 4) is 0 Å². The molecule has 0 spiro atoms. The molecule has 1 saturated heterocycles. The minimum absolute atomic E-state index is 0.0698. The van der Waals surface area contributed by atoms with E-state index in [-0.39, 0.29) is 23.5 Å². The molecule has 0 saturated carbocycles. The third kappa shape index (κ3) is 6.08. The maximum Gasteiger partial charge on any atom is 0.254 e. The number of rotatable bonds is 7. The average Bonchev–Trinajstić information content (AvgIpc) is 3.18. The van der Waals surface area contributed by atoms with Gasteiger partial charge < -0.3 is 24.8 Å².